The average molecular weight is 252 g/mol. The molecule has 82 valence electrons. The van der Waals surface area contributed by atoms with E-state index in [9.17, 15) is 0 Å². The fourth-order valence-electron chi connectivity index (χ4n) is 1.23. The van der Waals surface area contributed by atoms with Gasteiger partial charge in [0.2, 0.25) is 0 Å². The highest BCUT2D eigenvalue weighted by Crippen LogP contribution is 2.29. The second kappa shape index (κ2) is 5.23. The van der Waals surface area contributed by atoms with Gasteiger partial charge in [-0.05, 0) is 30.3 Å². The summed E-state index contributed by atoms with van der Waals surface area (Å²) in [6, 6.07) is 13.4. The average Bonchev–Trinajstić information content (AvgIpc) is 2.29. The second-order valence-electron chi connectivity index (χ2n) is 3.08. The van der Waals surface area contributed by atoms with Gasteiger partial charge in [0.25, 0.3) is 0 Å². The molecule has 0 N–H and O–H groups in total. The van der Waals surface area contributed by atoms with E-state index >= 15 is 0 Å². The van der Waals surface area contributed by atoms with Gasteiger partial charge >= 0.3 is 0 Å². The molecule has 2 nitrogen and oxygen atoms in total. The summed E-state index contributed by atoms with van der Waals surface area (Å²) in [4.78, 5) is 5.29. The summed E-state index contributed by atoms with van der Waals surface area (Å²) in [5.74, 6) is 0.840. The smallest absolute Gasteiger partial charge is 0.130 e. The Hall–Kier alpha value is -1.19. The highest BCUT2D eigenvalue weighted by molar-refractivity contribution is 7.99. The van der Waals surface area contributed by atoms with Gasteiger partial charge in [-0.3, -0.25) is 0 Å². The lowest BCUT2D eigenvalue weighted by molar-refractivity contribution is 0.413. The molecule has 0 aliphatic rings. The van der Waals surface area contributed by atoms with E-state index < -0.39 is 0 Å². The Morgan fingerprint density at radius 3 is 2.75 bits per heavy atom. The van der Waals surface area contributed by atoms with Crippen LogP contribution in [0.25, 0.3) is 0 Å². The lowest BCUT2D eigenvalue weighted by Gasteiger charge is -2.03. The van der Waals surface area contributed by atoms with Crippen LogP contribution in [0.2, 0.25) is 5.15 Å². The largest absolute Gasteiger partial charge is 0.497 e. The Balaban J connectivity index is 2.20. The number of benzene rings is 1. The first kappa shape index (κ1) is 11.3. The maximum Gasteiger partial charge on any atom is 0.130 e. The van der Waals surface area contributed by atoms with E-state index in [1.807, 2.05) is 36.4 Å². The Morgan fingerprint density at radius 2 is 2.00 bits per heavy atom. The van der Waals surface area contributed by atoms with Crippen LogP contribution >= 0.6 is 23.4 Å². The van der Waals surface area contributed by atoms with Crippen LogP contribution in [0.5, 0.6) is 5.75 Å². The second-order valence-corrected chi connectivity index (χ2v) is 4.56. The van der Waals surface area contributed by atoms with Crippen molar-refractivity contribution in [3.05, 3.63) is 47.6 Å². The maximum absolute atomic E-state index is 5.82. The fourth-order valence-corrected chi connectivity index (χ4v) is 2.30. The quantitative estimate of drug-likeness (QED) is 0.773. The predicted octanol–water partition coefficient (Wildman–Crippen LogP) is 3.89. The molecule has 0 bridgehead atoms. The molecule has 2 aromatic rings. The molecule has 0 spiro atoms. The molecule has 0 radical (unpaired) electrons. The Kier molecular flexibility index (Phi) is 3.70. The summed E-state index contributed by atoms with van der Waals surface area (Å²) in [5.41, 5.74) is 0. The molecular formula is C12H10ClNOS. The number of aromatic nitrogens is 1. The summed E-state index contributed by atoms with van der Waals surface area (Å²) < 4.78 is 5.16. The van der Waals surface area contributed by atoms with Gasteiger partial charge in [0.05, 0.1) is 7.11 Å². The van der Waals surface area contributed by atoms with Crippen molar-refractivity contribution < 1.29 is 4.74 Å². The number of nitrogens with zero attached hydrogens (tertiary/aromatic N) is 1. The van der Waals surface area contributed by atoms with Crippen LogP contribution in [0.1, 0.15) is 0 Å². The number of hydrogen-bond donors (Lipinski definition) is 0. The van der Waals surface area contributed by atoms with Crippen molar-refractivity contribution in [2.45, 2.75) is 9.92 Å². The highest BCUT2D eigenvalue weighted by atomic mass is 35.5. The van der Waals surface area contributed by atoms with Crippen molar-refractivity contribution in [3.63, 3.8) is 0 Å². The predicted molar refractivity (Wildman–Crippen MR) is 66.4 cm³/mol. The molecule has 0 atom stereocenters. The van der Waals surface area contributed by atoms with Gasteiger partial charge in [-0.1, -0.05) is 35.5 Å². The molecule has 4 heteroatoms. The number of rotatable bonds is 3. The minimum absolute atomic E-state index is 0.507. The molecule has 16 heavy (non-hydrogen) atoms. The summed E-state index contributed by atoms with van der Waals surface area (Å²) in [6.45, 7) is 0. The Bertz CT molecular complexity index is 490. The zero-order chi connectivity index (χ0) is 11.4. The fraction of sp³-hybridized carbons (Fsp3) is 0.0833. The summed E-state index contributed by atoms with van der Waals surface area (Å²) >= 11 is 7.38. The van der Waals surface area contributed by atoms with Crippen molar-refractivity contribution >= 4 is 23.4 Å². The molecule has 0 aliphatic heterocycles. The molecular weight excluding hydrogens is 242 g/mol. The van der Waals surface area contributed by atoms with Gasteiger partial charge in [0.1, 0.15) is 15.9 Å². The third-order valence-corrected chi connectivity index (χ3v) is 3.09. The monoisotopic (exact) mass is 251 g/mol. The van der Waals surface area contributed by atoms with E-state index in [0.29, 0.717) is 5.15 Å². The van der Waals surface area contributed by atoms with E-state index in [-0.39, 0.29) is 0 Å². The van der Waals surface area contributed by atoms with Crippen LogP contribution in [-0.4, -0.2) is 12.1 Å². The molecule has 1 aromatic carbocycles. The minimum atomic E-state index is 0.507. The number of methoxy groups -OCH3 is 1. The minimum Gasteiger partial charge on any atom is -0.497 e. The molecule has 0 fully saturated rings. The number of hydrogen-bond acceptors (Lipinski definition) is 3. The number of ether oxygens (including phenoxy) is 1. The van der Waals surface area contributed by atoms with Crippen molar-refractivity contribution in [1.82, 2.24) is 4.98 Å². The summed E-state index contributed by atoms with van der Waals surface area (Å²) in [7, 11) is 1.65. The Labute approximate surface area is 104 Å². The van der Waals surface area contributed by atoms with Crippen LogP contribution in [0.15, 0.2) is 52.4 Å². The zero-order valence-electron chi connectivity index (χ0n) is 8.68. The summed E-state index contributed by atoms with van der Waals surface area (Å²) in [6.07, 6.45) is 0. The highest BCUT2D eigenvalue weighted by Gasteiger charge is 2.00. The van der Waals surface area contributed by atoms with Gasteiger partial charge in [0, 0.05) is 4.90 Å². The lowest BCUT2D eigenvalue weighted by Crippen LogP contribution is -1.83. The first-order valence-electron chi connectivity index (χ1n) is 4.72. The van der Waals surface area contributed by atoms with Crippen LogP contribution in [-0.2, 0) is 0 Å². The van der Waals surface area contributed by atoms with Gasteiger partial charge in [-0.2, -0.15) is 0 Å². The van der Waals surface area contributed by atoms with Crippen molar-refractivity contribution in [2.24, 2.45) is 0 Å². The standard InChI is InChI=1S/C12H10ClNOS/c1-15-9-4-2-5-10(8-9)16-12-7-3-6-11(13)14-12/h2-8H,1H3. The molecule has 0 saturated carbocycles. The number of pyridine rings is 1. The molecule has 1 aromatic heterocycles. The molecule has 0 aliphatic carbocycles. The normalized spacial score (nSPS) is 10.1. The third kappa shape index (κ3) is 2.90. The van der Waals surface area contributed by atoms with Crippen LogP contribution in [0.4, 0.5) is 0 Å². The number of halogens is 1. The van der Waals surface area contributed by atoms with Gasteiger partial charge < -0.3 is 4.74 Å². The molecule has 1 heterocycles. The maximum atomic E-state index is 5.82. The zero-order valence-corrected chi connectivity index (χ0v) is 10.3. The molecule has 0 unspecified atom stereocenters. The van der Waals surface area contributed by atoms with Gasteiger partial charge in [-0.25, -0.2) is 4.98 Å². The summed E-state index contributed by atoms with van der Waals surface area (Å²) in [5, 5.41) is 1.38. The van der Waals surface area contributed by atoms with Crippen molar-refractivity contribution in [2.75, 3.05) is 7.11 Å². The van der Waals surface area contributed by atoms with E-state index in [0.717, 1.165) is 15.7 Å². The van der Waals surface area contributed by atoms with Crippen molar-refractivity contribution in [3.8, 4) is 5.75 Å². The van der Waals surface area contributed by atoms with Crippen molar-refractivity contribution in [1.29, 1.82) is 0 Å². The van der Waals surface area contributed by atoms with Crippen LogP contribution in [0, 0.1) is 0 Å². The first-order valence-corrected chi connectivity index (χ1v) is 5.92. The molecule has 2 rings (SSSR count). The third-order valence-electron chi connectivity index (χ3n) is 1.95. The van der Waals surface area contributed by atoms with E-state index in [4.69, 9.17) is 16.3 Å². The lowest BCUT2D eigenvalue weighted by atomic mass is 10.3. The van der Waals surface area contributed by atoms with Crippen LogP contribution < -0.4 is 4.74 Å². The SMILES string of the molecule is COc1cccc(Sc2cccc(Cl)n2)c1. The van der Waals surface area contributed by atoms with Gasteiger partial charge in [0.15, 0.2) is 0 Å². The topological polar surface area (TPSA) is 22.1 Å². The van der Waals surface area contributed by atoms with Gasteiger partial charge in [-0.15, -0.1) is 0 Å². The first-order chi connectivity index (χ1) is 7.78. The van der Waals surface area contributed by atoms with E-state index in [2.05, 4.69) is 4.98 Å². The van der Waals surface area contributed by atoms with E-state index in [1.165, 1.54) is 0 Å². The van der Waals surface area contributed by atoms with Crippen LogP contribution in [0.3, 0.4) is 0 Å². The Morgan fingerprint density at radius 1 is 1.19 bits per heavy atom. The molecule has 0 amide bonds. The van der Waals surface area contributed by atoms with E-state index in [1.54, 1.807) is 24.9 Å². The molecule has 0 saturated heterocycles.